The molecule has 5 heteroatoms. The van der Waals surface area contributed by atoms with Crippen LogP contribution in [-0.4, -0.2) is 31.9 Å². The number of halogens is 1. The summed E-state index contributed by atoms with van der Waals surface area (Å²) in [5.41, 5.74) is 0.721. The largest absolute Gasteiger partial charge is 0.504 e. The maximum atomic E-state index is 10.3. The Bertz CT molecular complexity index is 445. The number of hydrogen-bond acceptors (Lipinski definition) is 4. The first-order valence-electron chi connectivity index (χ1n) is 6.53. The Hall–Kier alpha value is -1.13. The quantitative estimate of drug-likeness (QED) is 0.893. The van der Waals surface area contributed by atoms with Gasteiger partial charge in [-0.2, -0.15) is 0 Å². The maximum absolute atomic E-state index is 10.3. The number of nitrogens with one attached hydrogen (secondary N) is 1. The van der Waals surface area contributed by atoms with E-state index in [1.807, 2.05) is 0 Å². The minimum atomic E-state index is 0.0826. The highest BCUT2D eigenvalue weighted by Gasteiger charge is 2.22. The van der Waals surface area contributed by atoms with Crippen LogP contribution in [0.1, 0.15) is 24.8 Å². The summed E-state index contributed by atoms with van der Waals surface area (Å²) in [7, 11) is 3.03. The molecule has 0 aromatic heterocycles. The topological polar surface area (TPSA) is 50.7 Å². The molecule has 19 heavy (non-hydrogen) atoms. The summed E-state index contributed by atoms with van der Waals surface area (Å²) in [6.07, 6.45) is 4.22. The zero-order valence-electron chi connectivity index (χ0n) is 11.3. The van der Waals surface area contributed by atoms with Crippen molar-refractivity contribution >= 4 is 11.6 Å². The van der Waals surface area contributed by atoms with Gasteiger partial charge in [-0.1, -0.05) is 18.0 Å². The first kappa shape index (κ1) is 14.3. The van der Waals surface area contributed by atoms with Crippen molar-refractivity contribution in [1.82, 2.24) is 5.32 Å². The monoisotopic (exact) mass is 285 g/mol. The number of methoxy groups -OCH3 is 2. The Kier molecular flexibility index (Phi) is 4.77. The van der Waals surface area contributed by atoms with Crippen molar-refractivity contribution in [1.29, 1.82) is 0 Å². The molecule has 2 N–H and O–H groups in total. The lowest BCUT2D eigenvalue weighted by atomic mass is 9.97. The van der Waals surface area contributed by atoms with Gasteiger partial charge in [-0.25, -0.2) is 0 Å². The Labute approximate surface area is 118 Å². The van der Waals surface area contributed by atoms with Crippen LogP contribution in [0.2, 0.25) is 5.02 Å². The molecule has 1 aliphatic rings. The summed E-state index contributed by atoms with van der Waals surface area (Å²) in [4.78, 5) is 0. The number of piperidine rings is 1. The van der Waals surface area contributed by atoms with Crippen molar-refractivity contribution in [3.8, 4) is 17.2 Å². The van der Waals surface area contributed by atoms with Gasteiger partial charge in [0.15, 0.2) is 11.5 Å². The highest BCUT2D eigenvalue weighted by atomic mass is 35.5. The number of hydrogen-bond donors (Lipinski definition) is 2. The van der Waals surface area contributed by atoms with Crippen molar-refractivity contribution in [2.24, 2.45) is 0 Å². The molecule has 0 saturated carbocycles. The molecule has 0 aliphatic carbocycles. The molecule has 1 aliphatic heterocycles. The average Bonchev–Trinajstić information content (AvgIpc) is 2.44. The lowest BCUT2D eigenvalue weighted by Crippen LogP contribution is -2.35. The van der Waals surface area contributed by atoms with Crippen LogP contribution >= 0.6 is 11.6 Å². The molecule has 1 heterocycles. The zero-order chi connectivity index (χ0) is 13.8. The van der Waals surface area contributed by atoms with Crippen molar-refractivity contribution in [2.75, 3.05) is 20.8 Å². The van der Waals surface area contributed by atoms with E-state index in [0.29, 0.717) is 29.0 Å². The molecule has 2 rings (SSSR count). The van der Waals surface area contributed by atoms with E-state index in [1.54, 1.807) is 6.07 Å². The van der Waals surface area contributed by atoms with E-state index in [-0.39, 0.29) is 5.75 Å². The first-order chi connectivity index (χ1) is 9.17. The van der Waals surface area contributed by atoms with Gasteiger partial charge in [0.25, 0.3) is 0 Å². The molecule has 1 aromatic rings. The minimum Gasteiger partial charge on any atom is -0.504 e. The zero-order valence-corrected chi connectivity index (χ0v) is 12.1. The predicted molar refractivity (Wildman–Crippen MR) is 75.6 cm³/mol. The molecule has 106 valence electrons. The molecule has 1 atom stereocenters. The highest BCUT2D eigenvalue weighted by Crippen LogP contribution is 2.43. The number of ether oxygens (including phenoxy) is 2. The third-order valence-electron chi connectivity index (χ3n) is 3.56. The van der Waals surface area contributed by atoms with Crippen molar-refractivity contribution in [3.63, 3.8) is 0 Å². The Balaban J connectivity index is 2.28. The second kappa shape index (κ2) is 6.35. The van der Waals surface area contributed by atoms with Gasteiger partial charge in [-0.15, -0.1) is 0 Å². The fraction of sp³-hybridized carbons (Fsp3) is 0.571. The molecule has 0 amide bonds. The predicted octanol–water partition coefficient (Wildman–Crippen LogP) is 2.75. The van der Waals surface area contributed by atoms with Gasteiger partial charge in [-0.05, 0) is 25.8 Å². The van der Waals surface area contributed by atoms with E-state index in [2.05, 4.69) is 5.32 Å². The number of phenols is 1. The molecule has 0 spiro atoms. The lowest BCUT2D eigenvalue weighted by Gasteiger charge is -2.24. The highest BCUT2D eigenvalue weighted by molar-refractivity contribution is 6.31. The summed E-state index contributed by atoms with van der Waals surface area (Å²) in [6, 6.07) is 2.05. The molecule has 1 aromatic carbocycles. The van der Waals surface area contributed by atoms with Crippen molar-refractivity contribution in [2.45, 2.75) is 31.7 Å². The van der Waals surface area contributed by atoms with Gasteiger partial charge < -0.3 is 19.9 Å². The Morgan fingerprint density at radius 1 is 1.37 bits per heavy atom. The molecular formula is C14H20ClNO3. The van der Waals surface area contributed by atoms with E-state index in [9.17, 15) is 5.11 Å². The maximum Gasteiger partial charge on any atom is 0.203 e. The van der Waals surface area contributed by atoms with Gasteiger partial charge in [0, 0.05) is 17.7 Å². The normalized spacial score (nSPS) is 19.2. The standard InChI is InChI=1S/C14H20ClNO3/c1-18-12-8-11(15)10(13(17)14(12)19-2)7-9-5-3-4-6-16-9/h8-9,16-17H,3-7H2,1-2H3. The summed E-state index contributed by atoms with van der Waals surface area (Å²) in [5, 5.41) is 14.3. The van der Waals surface area contributed by atoms with E-state index >= 15 is 0 Å². The first-order valence-corrected chi connectivity index (χ1v) is 6.90. The Morgan fingerprint density at radius 2 is 2.16 bits per heavy atom. The third kappa shape index (κ3) is 3.07. The van der Waals surface area contributed by atoms with Crippen LogP contribution < -0.4 is 14.8 Å². The van der Waals surface area contributed by atoms with Crippen LogP contribution in [0.3, 0.4) is 0 Å². The van der Waals surface area contributed by atoms with Crippen LogP contribution in [0.4, 0.5) is 0 Å². The summed E-state index contributed by atoms with van der Waals surface area (Å²) in [5.74, 6) is 0.877. The second-order valence-corrected chi connectivity index (χ2v) is 5.18. The summed E-state index contributed by atoms with van der Waals surface area (Å²) in [6.45, 7) is 1.02. The van der Waals surface area contributed by atoms with Crippen LogP contribution in [0.5, 0.6) is 17.2 Å². The second-order valence-electron chi connectivity index (χ2n) is 4.77. The number of aromatic hydroxyl groups is 1. The van der Waals surface area contributed by atoms with Gasteiger partial charge in [0.2, 0.25) is 5.75 Å². The lowest BCUT2D eigenvalue weighted by molar-refractivity contribution is 0.329. The SMILES string of the molecule is COc1cc(Cl)c(CC2CCCCN2)c(O)c1OC. The summed E-state index contributed by atoms with van der Waals surface area (Å²) < 4.78 is 10.4. The van der Waals surface area contributed by atoms with Crippen molar-refractivity contribution < 1.29 is 14.6 Å². The molecule has 1 unspecified atom stereocenters. The molecule has 0 bridgehead atoms. The summed E-state index contributed by atoms with van der Waals surface area (Å²) >= 11 is 6.24. The molecule has 0 radical (unpaired) electrons. The number of benzene rings is 1. The molecular weight excluding hydrogens is 266 g/mol. The van der Waals surface area contributed by atoms with Gasteiger partial charge in [0.05, 0.1) is 19.2 Å². The van der Waals surface area contributed by atoms with E-state index in [1.165, 1.54) is 27.1 Å². The van der Waals surface area contributed by atoms with Crippen LogP contribution in [-0.2, 0) is 6.42 Å². The van der Waals surface area contributed by atoms with Crippen LogP contribution in [0.25, 0.3) is 0 Å². The smallest absolute Gasteiger partial charge is 0.203 e. The molecule has 4 nitrogen and oxygen atoms in total. The number of rotatable bonds is 4. The van der Waals surface area contributed by atoms with Gasteiger partial charge >= 0.3 is 0 Å². The van der Waals surface area contributed by atoms with Gasteiger partial charge in [0.1, 0.15) is 0 Å². The average molecular weight is 286 g/mol. The Morgan fingerprint density at radius 3 is 2.74 bits per heavy atom. The van der Waals surface area contributed by atoms with E-state index in [0.717, 1.165) is 18.5 Å². The van der Waals surface area contributed by atoms with Gasteiger partial charge in [-0.3, -0.25) is 0 Å². The molecule has 1 fully saturated rings. The van der Waals surface area contributed by atoms with E-state index in [4.69, 9.17) is 21.1 Å². The van der Waals surface area contributed by atoms with Crippen LogP contribution in [0, 0.1) is 0 Å². The third-order valence-corrected chi connectivity index (χ3v) is 3.89. The molecule has 1 saturated heterocycles. The van der Waals surface area contributed by atoms with Crippen LogP contribution in [0.15, 0.2) is 6.07 Å². The fourth-order valence-corrected chi connectivity index (χ4v) is 2.79. The van der Waals surface area contributed by atoms with E-state index < -0.39 is 0 Å². The fourth-order valence-electron chi connectivity index (χ4n) is 2.52. The minimum absolute atomic E-state index is 0.0826. The van der Waals surface area contributed by atoms with Crippen molar-refractivity contribution in [3.05, 3.63) is 16.7 Å². The number of phenolic OH excluding ortho intramolecular Hbond substituents is 1.